The molecule has 6 nitrogen and oxygen atoms in total. The van der Waals surface area contributed by atoms with E-state index in [4.69, 9.17) is 16.6 Å². The lowest BCUT2D eigenvalue weighted by molar-refractivity contribution is -0.136. The normalized spacial score (nSPS) is 13.7. The molecule has 0 aromatic carbocycles. The standard InChI is InChI=1S/C12H22N2O4S/c13-10(15)6-2-4-8(7-11(14)16)3-1-5-9(19)12(17)18/h8-9,19H,1-7H2,(H2,13,15)(H2,14,16)(H,17,18). The molecule has 19 heavy (non-hydrogen) atoms. The fourth-order valence-corrected chi connectivity index (χ4v) is 2.10. The Bertz CT molecular complexity index is 323. The lowest BCUT2D eigenvalue weighted by Gasteiger charge is -2.15. The van der Waals surface area contributed by atoms with Crippen molar-refractivity contribution < 1.29 is 19.5 Å². The summed E-state index contributed by atoms with van der Waals surface area (Å²) in [5.74, 6) is -1.61. The minimum atomic E-state index is -0.941. The molecule has 0 aliphatic carbocycles. The minimum absolute atomic E-state index is 0.0752. The van der Waals surface area contributed by atoms with Crippen molar-refractivity contribution in [3.05, 3.63) is 0 Å². The molecule has 0 aromatic rings. The van der Waals surface area contributed by atoms with E-state index in [-0.39, 0.29) is 24.2 Å². The van der Waals surface area contributed by atoms with Crippen LogP contribution in [-0.2, 0) is 14.4 Å². The number of carbonyl (C=O) groups excluding carboxylic acids is 2. The first-order valence-corrected chi connectivity index (χ1v) is 6.82. The zero-order chi connectivity index (χ0) is 14.8. The molecule has 2 amide bonds. The van der Waals surface area contributed by atoms with Gasteiger partial charge in [0.05, 0.1) is 5.25 Å². The summed E-state index contributed by atoms with van der Waals surface area (Å²) < 4.78 is 0. The van der Waals surface area contributed by atoms with Crippen LogP contribution in [0, 0.1) is 5.92 Å². The van der Waals surface area contributed by atoms with Gasteiger partial charge in [-0.1, -0.05) is 6.42 Å². The van der Waals surface area contributed by atoms with Gasteiger partial charge in [0.25, 0.3) is 0 Å². The van der Waals surface area contributed by atoms with Crippen molar-refractivity contribution in [1.29, 1.82) is 0 Å². The van der Waals surface area contributed by atoms with Crippen molar-refractivity contribution in [1.82, 2.24) is 0 Å². The van der Waals surface area contributed by atoms with E-state index in [0.29, 0.717) is 38.5 Å². The summed E-state index contributed by atoms with van der Waals surface area (Å²) >= 11 is 3.94. The van der Waals surface area contributed by atoms with E-state index in [9.17, 15) is 14.4 Å². The predicted molar refractivity (Wildman–Crippen MR) is 74.6 cm³/mol. The van der Waals surface area contributed by atoms with Gasteiger partial charge in [0.2, 0.25) is 11.8 Å². The number of carboxylic acids is 1. The predicted octanol–water partition coefficient (Wildman–Crippen LogP) is 0.687. The molecular weight excluding hydrogens is 268 g/mol. The third-order valence-electron chi connectivity index (χ3n) is 2.90. The van der Waals surface area contributed by atoms with Crippen LogP contribution in [0.2, 0.25) is 0 Å². The van der Waals surface area contributed by atoms with E-state index < -0.39 is 11.2 Å². The second-order valence-electron chi connectivity index (χ2n) is 4.68. The number of primary amides is 2. The SMILES string of the molecule is NC(=O)CCCC(CCCC(S)C(=O)O)CC(N)=O. The Morgan fingerprint density at radius 1 is 1.00 bits per heavy atom. The zero-order valence-electron chi connectivity index (χ0n) is 10.9. The fraction of sp³-hybridized carbons (Fsp3) is 0.750. The molecule has 0 heterocycles. The molecule has 5 N–H and O–H groups in total. The van der Waals surface area contributed by atoms with Gasteiger partial charge in [-0.3, -0.25) is 14.4 Å². The van der Waals surface area contributed by atoms with Gasteiger partial charge in [-0.2, -0.15) is 12.6 Å². The van der Waals surface area contributed by atoms with Crippen molar-refractivity contribution in [2.45, 2.75) is 50.2 Å². The first-order chi connectivity index (χ1) is 8.82. The quantitative estimate of drug-likeness (QED) is 0.418. The van der Waals surface area contributed by atoms with Gasteiger partial charge in [-0.15, -0.1) is 0 Å². The molecule has 0 aliphatic rings. The number of hydrogen-bond donors (Lipinski definition) is 4. The molecule has 0 rings (SSSR count). The van der Waals surface area contributed by atoms with Crippen molar-refractivity contribution in [3.8, 4) is 0 Å². The molecule has 0 radical (unpaired) electrons. The van der Waals surface area contributed by atoms with Crippen molar-refractivity contribution >= 4 is 30.4 Å². The first-order valence-electron chi connectivity index (χ1n) is 6.30. The summed E-state index contributed by atoms with van der Waals surface area (Å²) in [5.41, 5.74) is 10.2. The number of rotatable bonds is 11. The molecule has 0 fully saturated rings. The number of carbonyl (C=O) groups is 3. The zero-order valence-corrected chi connectivity index (χ0v) is 11.8. The number of hydrogen-bond acceptors (Lipinski definition) is 4. The number of aliphatic carboxylic acids is 1. The van der Waals surface area contributed by atoms with Crippen LogP contribution >= 0.6 is 12.6 Å². The van der Waals surface area contributed by atoms with E-state index in [1.165, 1.54) is 0 Å². The maximum Gasteiger partial charge on any atom is 0.316 e. The molecule has 0 saturated carbocycles. The van der Waals surface area contributed by atoms with Gasteiger partial charge in [0.1, 0.15) is 0 Å². The van der Waals surface area contributed by atoms with Gasteiger partial charge >= 0.3 is 5.97 Å². The van der Waals surface area contributed by atoms with Crippen molar-refractivity contribution in [3.63, 3.8) is 0 Å². The number of amides is 2. The highest BCUT2D eigenvalue weighted by molar-refractivity contribution is 7.81. The van der Waals surface area contributed by atoms with Crippen LogP contribution < -0.4 is 11.5 Å². The van der Waals surface area contributed by atoms with Crippen molar-refractivity contribution in [2.75, 3.05) is 0 Å². The molecule has 0 spiro atoms. The Labute approximate surface area is 118 Å². The molecule has 0 saturated heterocycles. The summed E-state index contributed by atoms with van der Waals surface area (Å²) in [5, 5.41) is 8.01. The largest absolute Gasteiger partial charge is 0.480 e. The van der Waals surface area contributed by atoms with E-state index in [1.807, 2.05) is 0 Å². The van der Waals surface area contributed by atoms with Crippen LogP contribution in [0.25, 0.3) is 0 Å². The molecule has 0 aliphatic heterocycles. The lowest BCUT2D eigenvalue weighted by atomic mass is 9.92. The summed E-state index contributed by atoms with van der Waals surface area (Å²) in [6.07, 6.45) is 3.67. The van der Waals surface area contributed by atoms with E-state index in [1.54, 1.807) is 0 Å². The van der Waals surface area contributed by atoms with Crippen LogP contribution in [-0.4, -0.2) is 28.1 Å². The molecule has 110 valence electrons. The van der Waals surface area contributed by atoms with E-state index in [2.05, 4.69) is 12.6 Å². The monoisotopic (exact) mass is 290 g/mol. The van der Waals surface area contributed by atoms with Gasteiger partial charge in [0.15, 0.2) is 0 Å². The summed E-state index contributed by atoms with van der Waals surface area (Å²) in [4.78, 5) is 32.2. The highest BCUT2D eigenvalue weighted by atomic mass is 32.1. The van der Waals surface area contributed by atoms with Gasteiger partial charge in [0, 0.05) is 12.8 Å². The van der Waals surface area contributed by atoms with Crippen LogP contribution in [0.3, 0.4) is 0 Å². The average molecular weight is 290 g/mol. The number of thiol groups is 1. The van der Waals surface area contributed by atoms with Crippen LogP contribution in [0.4, 0.5) is 0 Å². The third kappa shape index (κ3) is 10.4. The van der Waals surface area contributed by atoms with Gasteiger partial charge in [-0.05, 0) is 31.6 Å². The molecule has 7 heteroatoms. The number of carboxylic acid groups (broad SMARTS) is 1. The van der Waals surface area contributed by atoms with Crippen LogP contribution in [0.5, 0.6) is 0 Å². The summed E-state index contributed by atoms with van der Waals surface area (Å²) in [6, 6.07) is 0. The third-order valence-corrected chi connectivity index (χ3v) is 3.38. The molecule has 0 aromatic heterocycles. The molecule has 2 atom stereocenters. The number of nitrogens with two attached hydrogens (primary N) is 2. The molecular formula is C12H22N2O4S. The van der Waals surface area contributed by atoms with Gasteiger partial charge < -0.3 is 16.6 Å². The fourth-order valence-electron chi connectivity index (χ4n) is 1.92. The topological polar surface area (TPSA) is 123 Å². The van der Waals surface area contributed by atoms with E-state index >= 15 is 0 Å². The molecule has 0 bridgehead atoms. The second kappa shape index (κ2) is 9.66. The highest BCUT2D eigenvalue weighted by Crippen LogP contribution is 2.21. The maximum atomic E-state index is 10.9. The molecule has 2 unspecified atom stereocenters. The average Bonchev–Trinajstić information content (AvgIpc) is 2.26. The Kier molecular flexibility index (Phi) is 9.03. The van der Waals surface area contributed by atoms with Crippen LogP contribution in [0.15, 0.2) is 0 Å². The van der Waals surface area contributed by atoms with Crippen molar-refractivity contribution in [2.24, 2.45) is 17.4 Å². The summed E-state index contributed by atoms with van der Waals surface area (Å²) in [7, 11) is 0. The van der Waals surface area contributed by atoms with Gasteiger partial charge in [-0.25, -0.2) is 0 Å². The Morgan fingerprint density at radius 2 is 1.58 bits per heavy atom. The second-order valence-corrected chi connectivity index (χ2v) is 5.30. The Morgan fingerprint density at radius 3 is 2.05 bits per heavy atom. The minimum Gasteiger partial charge on any atom is -0.480 e. The Balaban J connectivity index is 4.01. The van der Waals surface area contributed by atoms with E-state index in [0.717, 1.165) is 0 Å². The smallest absolute Gasteiger partial charge is 0.316 e. The summed E-state index contributed by atoms with van der Waals surface area (Å²) in [6.45, 7) is 0. The maximum absolute atomic E-state index is 10.9. The Hall–Kier alpha value is -1.24. The first kappa shape index (κ1) is 17.8. The highest BCUT2D eigenvalue weighted by Gasteiger charge is 2.15. The van der Waals surface area contributed by atoms with Crippen LogP contribution in [0.1, 0.15) is 44.9 Å². The lowest BCUT2D eigenvalue weighted by Crippen LogP contribution is -2.18.